The van der Waals surface area contributed by atoms with Crippen LogP contribution in [0.4, 0.5) is 13.2 Å². The van der Waals surface area contributed by atoms with Crippen LogP contribution < -0.4 is 0 Å². The lowest BCUT2D eigenvalue weighted by atomic mass is 10.1. The van der Waals surface area contributed by atoms with Gasteiger partial charge in [-0.1, -0.05) is 0 Å². The quantitative estimate of drug-likeness (QED) is 0.667. The van der Waals surface area contributed by atoms with Crippen LogP contribution >= 0.6 is 0 Å². The van der Waals surface area contributed by atoms with Gasteiger partial charge in [-0.15, -0.1) is 0 Å². The summed E-state index contributed by atoms with van der Waals surface area (Å²) in [4.78, 5) is 15.5. The number of rotatable bonds is 1. The van der Waals surface area contributed by atoms with E-state index in [1.54, 1.807) is 0 Å². The number of alkyl halides is 3. The topological polar surface area (TPSA) is 33.2 Å². The molecule has 15 heavy (non-hydrogen) atoms. The molecular weight excluding hydrogens is 209 g/mol. The normalized spacial score (nSPS) is 15.3. The fraction of sp³-hybridized carbons (Fsp3) is 0.333. The molecule has 1 aliphatic heterocycles. The summed E-state index contributed by atoms with van der Waals surface area (Å²) in [5.41, 5.74) is 0.237. The number of aromatic nitrogens is 1. The molecule has 6 heteroatoms. The van der Waals surface area contributed by atoms with Crippen molar-refractivity contribution in [2.75, 3.05) is 0 Å². The smallest absolute Gasteiger partial charge is 0.335 e. The molecule has 1 aromatic rings. The molecule has 0 unspecified atom stereocenters. The Morgan fingerprint density at radius 2 is 2.13 bits per heavy atom. The summed E-state index contributed by atoms with van der Waals surface area (Å²) in [7, 11) is 0. The summed E-state index contributed by atoms with van der Waals surface area (Å²) in [6, 6.07) is 1.05. The van der Waals surface area contributed by atoms with E-state index in [9.17, 15) is 18.0 Å². The highest BCUT2D eigenvalue weighted by atomic mass is 19.4. The van der Waals surface area contributed by atoms with Crippen LogP contribution in [0.5, 0.6) is 0 Å². The Kier molecular flexibility index (Phi) is 2.13. The maximum Gasteiger partial charge on any atom is 0.417 e. The third-order valence-electron chi connectivity index (χ3n) is 2.26. The van der Waals surface area contributed by atoms with Crippen LogP contribution in [0.2, 0.25) is 0 Å². The zero-order valence-electron chi connectivity index (χ0n) is 7.58. The van der Waals surface area contributed by atoms with Crippen LogP contribution in [0.1, 0.15) is 16.8 Å². The predicted molar refractivity (Wildman–Crippen MR) is 44.6 cm³/mol. The minimum Gasteiger partial charge on any atom is -0.335 e. The van der Waals surface area contributed by atoms with Crippen molar-refractivity contribution in [1.29, 1.82) is 0 Å². The molecule has 0 fully saturated rings. The van der Waals surface area contributed by atoms with Gasteiger partial charge in [0.2, 0.25) is 6.41 Å². The van der Waals surface area contributed by atoms with Crippen molar-refractivity contribution < 1.29 is 18.0 Å². The molecule has 1 aromatic heterocycles. The van der Waals surface area contributed by atoms with Crippen LogP contribution in [-0.2, 0) is 24.1 Å². The summed E-state index contributed by atoms with van der Waals surface area (Å²) in [5.74, 6) is 0. The van der Waals surface area contributed by atoms with Gasteiger partial charge in [-0.3, -0.25) is 9.78 Å². The molecule has 0 atom stereocenters. The average molecular weight is 216 g/mol. The van der Waals surface area contributed by atoms with Crippen LogP contribution in [0, 0.1) is 0 Å². The van der Waals surface area contributed by atoms with E-state index in [-0.39, 0.29) is 13.1 Å². The van der Waals surface area contributed by atoms with Gasteiger partial charge < -0.3 is 4.90 Å². The number of hydrogen-bond donors (Lipinski definition) is 0. The van der Waals surface area contributed by atoms with Crippen molar-refractivity contribution in [2.24, 2.45) is 0 Å². The average Bonchev–Trinajstić information content (AvgIpc) is 2.57. The van der Waals surface area contributed by atoms with Gasteiger partial charge in [0.15, 0.2) is 0 Å². The molecule has 0 saturated heterocycles. The molecule has 3 nitrogen and oxygen atoms in total. The van der Waals surface area contributed by atoms with E-state index in [1.165, 1.54) is 4.90 Å². The Bertz CT molecular complexity index is 403. The molecule has 0 aliphatic carbocycles. The SMILES string of the molecule is O=CN1Cc2cc(C(F)(F)F)cnc2C1. The third kappa shape index (κ3) is 1.79. The highest BCUT2D eigenvalue weighted by Gasteiger charge is 2.32. The van der Waals surface area contributed by atoms with Crippen LogP contribution in [0.15, 0.2) is 12.3 Å². The van der Waals surface area contributed by atoms with E-state index < -0.39 is 11.7 Å². The second-order valence-corrected chi connectivity index (χ2v) is 3.34. The lowest BCUT2D eigenvalue weighted by Gasteiger charge is -2.06. The van der Waals surface area contributed by atoms with E-state index in [4.69, 9.17) is 0 Å². The Morgan fingerprint density at radius 3 is 2.73 bits per heavy atom. The first kappa shape index (κ1) is 9.95. The van der Waals surface area contributed by atoms with E-state index in [0.717, 1.165) is 12.3 Å². The summed E-state index contributed by atoms with van der Waals surface area (Å²) in [5, 5.41) is 0. The number of halogens is 3. The van der Waals surface area contributed by atoms with E-state index >= 15 is 0 Å². The molecule has 2 heterocycles. The predicted octanol–water partition coefficient (Wildman–Crippen LogP) is 1.57. The van der Waals surface area contributed by atoms with E-state index in [1.807, 2.05) is 0 Å². The van der Waals surface area contributed by atoms with Gasteiger partial charge in [0, 0.05) is 12.7 Å². The van der Waals surface area contributed by atoms with Gasteiger partial charge in [-0.25, -0.2) is 0 Å². The third-order valence-corrected chi connectivity index (χ3v) is 2.26. The van der Waals surface area contributed by atoms with Gasteiger partial charge in [0.1, 0.15) is 0 Å². The second-order valence-electron chi connectivity index (χ2n) is 3.34. The number of nitrogens with zero attached hydrogens (tertiary/aromatic N) is 2. The van der Waals surface area contributed by atoms with E-state index in [0.29, 0.717) is 17.7 Å². The Morgan fingerprint density at radius 1 is 1.40 bits per heavy atom. The summed E-state index contributed by atoms with van der Waals surface area (Å²) in [6.07, 6.45) is -2.97. The molecule has 0 saturated carbocycles. The molecular formula is C9H7F3N2O. The number of carbonyl (C=O) groups is 1. The van der Waals surface area contributed by atoms with Gasteiger partial charge in [0.05, 0.1) is 17.8 Å². The highest BCUT2D eigenvalue weighted by molar-refractivity contribution is 5.50. The maximum absolute atomic E-state index is 12.3. The zero-order valence-corrected chi connectivity index (χ0v) is 7.58. The molecule has 0 aromatic carbocycles. The molecule has 0 bridgehead atoms. The summed E-state index contributed by atoms with van der Waals surface area (Å²) in [6.45, 7) is 0.493. The minimum atomic E-state index is -4.38. The number of amides is 1. The van der Waals surface area contributed by atoms with Crippen molar-refractivity contribution >= 4 is 6.41 Å². The van der Waals surface area contributed by atoms with Crippen LogP contribution in [0.25, 0.3) is 0 Å². The summed E-state index contributed by atoms with van der Waals surface area (Å²) >= 11 is 0. The second kappa shape index (κ2) is 3.22. The largest absolute Gasteiger partial charge is 0.417 e. The fourth-order valence-electron chi connectivity index (χ4n) is 1.51. The van der Waals surface area contributed by atoms with Gasteiger partial charge in [0.25, 0.3) is 0 Å². The van der Waals surface area contributed by atoms with Crippen molar-refractivity contribution in [3.05, 3.63) is 29.1 Å². The Hall–Kier alpha value is -1.59. The Balaban J connectivity index is 2.34. The first-order valence-corrected chi connectivity index (χ1v) is 4.25. The molecule has 1 aliphatic rings. The number of hydrogen-bond acceptors (Lipinski definition) is 2. The van der Waals surface area contributed by atoms with Crippen molar-refractivity contribution in [3.8, 4) is 0 Å². The fourth-order valence-corrected chi connectivity index (χ4v) is 1.51. The van der Waals surface area contributed by atoms with Crippen LogP contribution in [-0.4, -0.2) is 16.3 Å². The molecule has 80 valence electrons. The van der Waals surface area contributed by atoms with E-state index in [2.05, 4.69) is 4.98 Å². The molecule has 2 rings (SSSR count). The van der Waals surface area contributed by atoms with Gasteiger partial charge >= 0.3 is 6.18 Å². The monoisotopic (exact) mass is 216 g/mol. The van der Waals surface area contributed by atoms with Crippen LogP contribution in [0.3, 0.4) is 0 Å². The molecule has 0 radical (unpaired) electrons. The van der Waals surface area contributed by atoms with Crippen molar-refractivity contribution in [3.63, 3.8) is 0 Å². The number of pyridine rings is 1. The standard InChI is InChI=1S/C9H7F3N2O/c10-9(11,12)7-1-6-3-14(5-15)4-8(6)13-2-7/h1-2,5H,3-4H2. The summed E-state index contributed by atoms with van der Waals surface area (Å²) < 4.78 is 36.9. The maximum atomic E-state index is 12.3. The van der Waals surface area contributed by atoms with Gasteiger partial charge in [-0.2, -0.15) is 13.2 Å². The highest BCUT2D eigenvalue weighted by Crippen LogP contribution is 2.31. The molecule has 0 spiro atoms. The number of fused-ring (bicyclic) bond motifs is 1. The molecule has 1 amide bonds. The minimum absolute atomic E-state index is 0.204. The Labute approximate surface area is 83.5 Å². The van der Waals surface area contributed by atoms with Gasteiger partial charge in [-0.05, 0) is 11.6 Å². The lowest BCUT2D eigenvalue weighted by Crippen LogP contribution is -2.12. The van der Waals surface area contributed by atoms with Crippen molar-refractivity contribution in [2.45, 2.75) is 19.3 Å². The lowest BCUT2D eigenvalue weighted by molar-refractivity contribution is -0.137. The van der Waals surface area contributed by atoms with Crippen molar-refractivity contribution in [1.82, 2.24) is 9.88 Å². The zero-order chi connectivity index (χ0) is 11.1. The first-order chi connectivity index (χ1) is 7.00. The first-order valence-electron chi connectivity index (χ1n) is 4.25. The molecule has 0 N–H and O–H groups in total. The number of carbonyl (C=O) groups excluding carboxylic acids is 1.